The molecule has 0 bridgehead atoms. The normalized spacial score (nSPS) is 14.5. The Kier molecular flexibility index (Phi) is 8.37. The van der Waals surface area contributed by atoms with Crippen molar-refractivity contribution < 1.29 is 9.59 Å². The Hall–Kier alpha value is -4.09. The molecule has 0 aromatic carbocycles. The highest BCUT2D eigenvalue weighted by Crippen LogP contribution is 2.15. The second kappa shape index (κ2) is 11.2. The van der Waals surface area contributed by atoms with Gasteiger partial charge in [0.05, 0.1) is 42.2 Å². The van der Waals surface area contributed by atoms with Crippen LogP contribution in [0, 0.1) is 0 Å². The van der Waals surface area contributed by atoms with Gasteiger partial charge in [0.2, 0.25) is 0 Å². The van der Waals surface area contributed by atoms with Gasteiger partial charge in [-0.2, -0.15) is 0 Å². The first-order valence-corrected chi connectivity index (χ1v) is 9.42. The van der Waals surface area contributed by atoms with Crippen LogP contribution < -0.4 is 21.7 Å². The molecule has 0 saturated carbocycles. The molecule has 5 N–H and O–H groups in total. The average Bonchev–Trinajstić information content (AvgIpc) is 3.01. The summed E-state index contributed by atoms with van der Waals surface area (Å²) in [5.74, 6) is -0.580. The topological polar surface area (TPSA) is 162 Å². The number of amidine groups is 1. The third-order valence-electron chi connectivity index (χ3n) is 4.24. The van der Waals surface area contributed by atoms with Crippen LogP contribution in [0.15, 0.2) is 57.0 Å². The van der Waals surface area contributed by atoms with Crippen molar-refractivity contribution in [3.8, 4) is 0 Å². The number of aromatic nitrogens is 2. The largest absolute Gasteiger partial charge is 0.403 e. The van der Waals surface area contributed by atoms with Crippen molar-refractivity contribution in [3.63, 3.8) is 0 Å². The van der Waals surface area contributed by atoms with E-state index in [9.17, 15) is 9.59 Å². The first kappa shape index (κ1) is 23.2. The van der Waals surface area contributed by atoms with Gasteiger partial charge in [0.1, 0.15) is 17.9 Å². The van der Waals surface area contributed by atoms with Gasteiger partial charge in [-0.1, -0.05) is 0 Å². The van der Waals surface area contributed by atoms with Gasteiger partial charge in [-0.25, -0.2) is 15.0 Å². The lowest BCUT2D eigenvalue weighted by Crippen LogP contribution is -2.38. The lowest BCUT2D eigenvalue weighted by atomic mass is 10.2. The SMILES string of the molecule is CCN(C)C1=NC(C(=O)NC(=CN)C(=NC)C(=O)NC)=C(Nc2cncnc2)CN=C1. The molecule has 1 aliphatic heterocycles. The number of amides is 2. The molecule has 31 heavy (non-hydrogen) atoms. The Morgan fingerprint density at radius 2 is 2.03 bits per heavy atom. The fourth-order valence-electron chi connectivity index (χ4n) is 2.50. The number of nitrogens with one attached hydrogen (secondary N) is 3. The van der Waals surface area contributed by atoms with E-state index in [0.29, 0.717) is 23.8 Å². The van der Waals surface area contributed by atoms with Crippen LogP contribution in [0.4, 0.5) is 5.69 Å². The number of nitrogens with zero attached hydrogens (tertiary/aromatic N) is 6. The summed E-state index contributed by atoms with van der Waals surface area (Å²) in [6.07, 6.45) is 7.21. The van der Waals surface area contributed by atoms with Gasteiger partial charge < -0.3 is 26.6 Å². The predicted molar refractivity (Wildman–Crippen MR) is 120 cm³/mol. The van der Waals surface area contributed by atoms with Crippen molar-refractivity contribution in [1.29, 1.82) is 0 Å². The molecule has 1 aromatic heterocycles. The first-order valence-electron chi connectivity index (χ1n) is 9.42. The van der Waals surface area contributed by atoms with E-state index in [1.807, 2.05) is 18.9 Å². The van der Waals surface area contributed by atoms with Crippen LogP contribution in [0.2, 0.25) is 0 Å². The Balaban J connectivity index is 2.47. The average molecular weight is 426 g/mol. The number of rotatable bonds is 7. The Labute approximate surface area is 180 Å². The van der Waals surface area contributed by atoms with Crippen molar-refractivity contribution in [3.05, 3.63) is 42.0 Å². The maximum absolute atomic E-state index is 13.2. The molecule has 2 rings (SSSR count). The highest BCUT2D eigenvalue weighted by Gasteiger charge is 2.23. The van der Waals surface area contributed by atoms with Crippen molar-refractivity contribution >= 4 is 35.3 Å². The molecule has 1 aromatic rings. The Bertz CT molecular complexity index is 963. The number of anilines is 1. The summed E-state index contributed by atoms with van der Waals surface area (Å²) in [5.41, 5.74) is 6.74. The molecule has 0 spiro atoms. The lowest BCUT2D eigenvalue weighted by Gasteiger charge is -2.17. The maximum Gasteiger partial charge on any atom is 0.276 e. The fourth-order valence-corrected chi connectivity index (χ4v) is 2.50. The highest BCUT2D eigenvalue weighted by atomic mass is 16.2. The molecule has 0 aliphatic carbocycles. The van der Waals surface area contributed by atoms with E-state index in [0.717, 1.165) is 6.20 Å². The summed E-state index contributed by atoms with van der Waals surface area (Å²) >= 11 is 0. The van der Waals surface area contributed by atoms with Crippen LogP contribution in [0.1, 0.15) is 6.92 Å². The van der Waals surface area contributed by atoms with Crippen molar-refractivity contribution in [2.24, 2.45) is 20.7 Å². The number of carbonyl (C=O) groups is 2. The van der Waals surface area contributed by atoms with Crippen molar-refractivity contribution in [2.45, 2.75) is 6.92 Å². The molecule has 1 aliphatic rings. The number of hydrogen-bond acceptors (Lipinski definition) is 10. The molecule has 0 saturated heterocycles. The minimum atomic E-state index is -0.589. The van der Waals surface area contributed by atoms with Crippen LogP contribution in [0.3, 0.4) is 0 Å². The van der Waals surface area contributed by atoms with E-state index in [4.69, 9.17) is 5.73 Å². The molecule has 12 heteroatoms. The summed E-state index contributed by atoms with van der Waals surface area (Å²) < 4.78 is 0. The van der Waals surface area contributed by atoms with Crippen LogP contribution in [-0.4, -0.2) is 78.7 Å². The molecule has 0 atom stereocenters. The number of carbonyl (C=O) groups excluding carboxylic acids is 2. The summed E-state index contributed by atoms with van der Waals surface area (Å²) in [6.45, 7) is 2.77. The van der Waals surface area contributed by atoms with E-state index < -0.39 is 11.8 Å². The maximum atomic E-state index is 13.2. The number of hydrogen-bond donors (Lipinski definition) is 4. The summed E-state index contributed by atoms with van der Waals surface area (Å²) in [6, 6.07) is 0. The summed E-state index contributed by atoms with van der Waals surface area (Å²) in [5, 5.41) is 8.17. The summed E-state index contributed by atoms with van der Waals surface area (Å²) in [4.78, 5) is 47.8. The van der Waals surface area contributed by atoms with Gasteiger partial charge in [0, 0.05) is 33.9 Å². The molecule has 2 heterocycles. The van der Waals surface area contributed by atoms with Crippen LogP contribution in [-0.2, 0) is 9.59 Å². The van der Waals surface area contributed by atoms with Gasteiger partial charge in [-0.15, -0.1) is 0 Å². The first-order chi connectivity index (χ1) is 14.9. The third kappa shape index (κ3) is 5.95. The van der Waals surface area contributed by atoms with Gasteiger partial charge >= 0.3 is 0 Å². The lowest BCUT2D eigenvalue weighted by molar-refractivity contribution is -0.116. The zero-order valence-electron chi connectivity index (χ0n) is 17.9. The second-order valence-corrected chi connectivity index (χ2v) is 6.22. The van der Waals surface area contributed by atoms with E-state index in [1.165, 1.54) is 20.4 Å². The predicted octanol–water partition coefficient (Wildman–Crippen LogP) is -0.732. The molecule has 12 nitrogen and oxygen atoms in total. The molecular formula is C19H26N10O2. The monoisotopic (exact) mass is 426 g/mol. The van der Waals surface area contributed by atoms with E-state index in [1.54, 1.807) is 18.6 Å². The van der Waals surface area contributed by atoms with Gasteiger partial charge in [0.25, 0.3) is 11.8 Å². The molecule has 0 radical (unpaired) electrons. The molecule has 164 valence electrons. The summed E-state index contributed by atoms with van der Waals surface area (Å²) in [7, 11) is 4.71. The van der Waals surface area contributed by atoms with Gasteiger partial charge in [-0.05, 0) is 6.92 Å². The quantitative estimate of drug-likeness (QED) is 0.418. The number of aliphatic imine (C=N–C) groups is 3. The van der Waals surface area contributed by atoms with Crippen LogP contribution in [0.5, 0.6) is 0 Å². The minimum absolute atomic E-state index is 0.0235. The third-order valence-corrected chi connectivity index (χ3v) is 4.24. The van der Waals surface area contributed by atoms with Crippen molar-refractivity contribution in [1.82, 2.24) is 25.5 Å². The second-order valence-electron chi connectivity index (χ2n) is 6.22. The Morgan fingerprint density at radius 3 is 2.61 bits per heavy atom. The molecular weight excluding hydrogens is 400 g/mol. The zero-order chi connectivity index (χ0) is 22.8. The Morgan fingerprint density at radius 1 is 1.32 bits per heavy atom. The van der Waals surface area contributed by atoms with Crippen LogP contribution >= 0.6 is 0 Å². The van der Waals surface area contributed by atoms with Crippen molar-refractivity contribution in [2.75, 3.05) is 39.5 Å². The molecule has 0 unspecified atom stereocenters. The number of nitrogens with two attached hydrogens (primary N) is 1. The van der Waals surface area contributed by atoms with E-state index in [2.05, 4.69) is 40.9 Å². The smallest absolute Gasteiger partial charge is 0.276 e. The fraction of sp³-hybridized carbons (Fsp3) is 0.316. The minimum Gasteiger partial charge on any atom is -0.403 e. The van der Waals surface area contributed by atoms with Gasteiger partial charge in [0.15, 0.2) is 5.70 Å². The molecule has 0 fully saturated rings. The van der Waals surface area contributed by atoms with Crippen LogP contribution in [0.25, 0.3) is 0 Å². The molecule has 2 amide bonds. The van der Waals surface area contributed by atoms with E-state index in [-0.39, 0.29) is 23.7 Å². The standard InChI is InChI=1S/C19H26N10O2/c1-5-29(4)15-10-23-9-14(26-12-7-24-11-25-8-12)17(28-15)19(31)27-13(6-20)16(21-2)18(30)22-3/h6-8,10-11,26H,5,9,20H2,1-4H3,(H,22,30)(H,27,31). The van der Waals surface area contributed by atoms with E-state index >= 15 is 0 Å². The highest BCUT2D eigenvalue weighted by molar-refractivity contribution is 6.45. The van der Waals surface area contributed by atoms with Gasteiger partial charge in [-0.3, -0.25) is 19.6 Å². The zero-order valence-corrected chi connectivity index (χ0v) is 17.9.